The van der Waals surface area contributed by atoms with Crippen molar-refractivity contribution in [1.82, 2.24) is 4.90 Å². The first kappa shape index (κ1) is 20.6. The first-order chi connectivity index (χ1) is 16.0. The molecule has 1 unspecified atom stereocenters. The lowest BCUT2D eigenvalue weighted by atomic mass is 9.75. The van der Waals surface area contributed by atoms with E-state index in [0.717, 1.165) is 5.56 Å². The summed E-state index contributed by atoms with van der Waals surface area (Å²) in [5.41, 5.74) is 1.94. The summed E-state index contributed by atoms with van der Waals surface area (Å²) < 4.78 is 0. The quantitative estimate of drug-likeness (QED) is 0.444. The summed E-state index contributed by atoms with van der Waals surface area (Å²) in [6.07, 6.45) is 3.08. The lowest BCUT2D eigenvalue weighted by molar-refractivity contribution is -0.135. The third kappa shape index (κ3) is 2.82. The zero-order valence-electron chi connectivity index (χ0n) is 18.2. The SMILES string of the molecule is C=C1c2ccccc2N(C(=O)C=CC)C12C(=O)N(Cc1ccccc1)C(=O)c1ccccc12. The smallest absolute Gasteiger partial charge is 0.265 e. The fraction of sp³-hybridized carbons (Fsp3) is 0.107. The molecule has 0 saturated carbocycles. The molecule has 1 atom stereocenters. The van der Waals surface area contributed by atoms with Crippen LogP contribution >= 0.6 is 0 Å². The lowest BCUT2D eigenvalue weighted by Gasteiger charge is -2.45. The Morgan fingerprint density at radius 1 is 0.909 bits per heavy atom. The minimum atomic E-state index is -1.54. The van der Waals surface area contributed by atoms with E-state index in [2.05, 4.69) is 6.58 Å². The van der Waals surface area contributed by atoms with Gasteiger partial charge in [0.15, 0.2) is 5.54 Å². The third-order valence-corrected chi connectivity index (χ3v) is 6.30. The summed E-state index contributed by atoms with van der Waals surface area (Å²) in [6, 6.07) is 23.7. The summed E-state index contributed by atoms with van der Waals surface area (Å²) in [5.74, 6) is -1.21. The molecule has 1 spiro atoms. The molecule has 2 aliphatic rings. The zero-order chi connectivity index (χ0) is 23.2. The van der Waals surface area contributed by atoms with Crippen LogP contribution in [-0.4, -0.2) is 22.6 Å². The summed E-state index contributed by atoms with van der Waals surface area (Å²) in [5, 5.41) is 0. The molecule has 33 heavy (non-hydrogen) atoms. The molecule has 3 aromatic carbocycles. The number of nitrogens with zero attached hydrogens (tertiary/aromatic N) is 2. The van der Waals surface area contributed by atoms with Gasteiger partial charge in [0.2, 0.25) is 0 Å². The van der Waals surface area contributed by atoms with Crippen molar-refractivity contribution in [3.8, 4) is 0 Å². The maximum Gasteiger partial charge on any atom is 0.265 e. The van der Waals surface area contributed by atoms with Crippen molar-refractivity contribution in [3.63, 3.8) is 0 Å². The molecule has 3 amide bonds. The van der Waals surface area contributed by atoms with Gasteiger partial charge in [0.05, 0.1) is 12.2 Å². The van der Waals surface area contributed by atoms with Crippen LogP contribution < -0.4 is 4.90 Å². The first-order valence-electron chi connectivity index (χ1n) is 10.8. The molecule has 0 aliphatic carbocycles. The van der Waals surface area contributed by atoms with Crippen LogP contribution in [0.5, 0.6) is 0 Å². The monoisotopic (exact) mass is 434 g/mol. The number of allylic oxidation sites excluding steroid dienone is 1. The third-order valence-electron chi connectivity index (χ3n) is 6.30. The molecule has 0 aromatic heterocycles. The normalized spacial score (nSPS) is 19.4. The Bertz CT molecular complexity index is 1340. The van der Waals surface area contributed by atoms with Crippen molar-refractivity contribution in [1.29, 1.82) is 0 Å². The van der Waals surface area contributed by atoms with Crippen molar-refractivity contribution < 1.29 is 14.4 Å². The van der Waals surface area contributed by atoms with Crippen LogP contribution in [0.1, 0.15) is 34.0 Å². The number of carbonyl (C=O) groups is 3. The molecule has 2 aliphatic heterocycles. The van der Waals surface area contributed by atoms with Crippen molar-refractivity contribution >= 4 is 29.0 Å². The Labute approximate surface area is 192 Å². The van der Waals surface area contributed by atoms with E-state index in [-0.39, 0.29) is 18.4 Å². The number of para-hydroxylation sites is 1. The largest absolute Gasteiger partial charge is 0.285 e. The topological polar surface area (TPSA) is 57.7 Å². The van der Waals surface area contributed by atoms with E-state index in [9.17, 15) is 14.4 Å². The van der Waals surface area contributed by atoms with Gasteiger partial charge in [0.1, 0.15) is 0 Å². The van der Waals surface area contributed by atoms with Gasteiger partial charge in [-0.25, -0.2) is 0 Å². The van der Waals surface area contributed by atoms with E-state index in [1.165, 1.54) is 15.9 Å². The molecule has 162 valence electrons. The van der Waals surface area contributed by atoms with Crippen molar-refractivity contribution in [3.05, 3.63) is 120 Å². The standard InChI is InChI=1S/C28H22N2O3/c1-3-11-25(31)30-24-17-10-8-14-21(24)19(2)28(30)23-16-9-7-15-22(23)26(32)29(27(28)33)18-20-12-5-4-6-13-20/h3-17H,2,18H2,1H3. The van der Waals surface area contributed by atoms with Gasteiger partial charge >= 0.3 is 0 Å². The minimum Gasteiger partial charge on any atom is -0.285 e. The summed E-state index contributed by atoms with van der Waals surface area (Å²) in [6.45, 7) is 6.16. The molecule has 0 radical (unpaired) electrons. The van der Waals surface area contributed by atoms with E-state index in [1.807, 2.05) is 54.6 Å². The molecule has 0 bridgehead atoms. The molecular weight excluding hydrogens is 412 g/mol. The minimum absolute atomic E-state index is 0.101. The highest BCUT2D eigenvalue weighted by Crippen LogP contribution is 2.55. The maximum absolute atomic E-state index is 14.4. The van der Waals surface area contributed by atoms with Crippen LogP contribution in [0, 0.1) is 0 Å². The van der Waals surface area contributed by atoms with Gasteiger partial charge in [-0.1, -0.05) is 79.4 Å². The number of anilines is 1. The molecule has 0 saturated heterocycles. The van der Waals surface area contributed by atoms with Crippen molar-refractivity contribution in [2.45, 2.75) is 19.0 Å². The lowest BCUT2D eigenvalue weighted by Crippen LogP contribution is -2.62. The average molecular weight is 434 g/mol. The van der Waals surface area contributed by atoms with E-state index in [4.69, 9.17) is 0 Å². The second kappa shape index (κ2) is 7.71. The van der Waals surface area contributed by atoms with Gasteiger partial charge < -0.3 is 0 Å². The summed E-state index contributed by atoms with van der Waals surface area (Å²) in [7, 11) is 0. The molecule has 0 fully saturated rings. The van der Waals surface area contributed by atoms with Gasteiger partial charge in [-0.2, -0.15) is 0 Å². The molecule has 5 nitrogen and oxygen atoms in total. The highest BCUT2D eigenvalue weighted by Gasteiger charge is 2.61. The second-order valence-electron chi connectivity index (χ2n) is 8.11. The average Bonchev–Trinajstić information content (AvgIpc) is 3.11. The molecule has 5 heteroatoms. The molecular formula is C28H22N2O3. The van der Waals surface area contributed by atoms with Gasteiger partial charge in [0, 0.05) is 16.7 Å². The fourth-order valence-corrected chi connectivity index (χ4v) is 4.89. The fourth-order valence-electron chi connectivity index (χ4n) is 4.89. The molecule has 2 heterocycles. The second-order valence-corrected chi connectivity index (χ2v) is 8.11. The number of imide groups is 1. The first-order valence-corrected chi connectivity index (χ1v) is 10.8. The van der Waals surface area contributed by atoms with Crippen molar-refractivity contribution in [2.24, 2.45) is 0 Å². The van der Waals surface area contributed by atoms with Gasteiger partial charge in [-0.15, -0.1) is 0 Å². The van der Waals surface area contributed by atoms with E-state index in [1.54, 1.807) is 37.3 Å². The van der Waals surface area contributed by atoms with Crippen LogP contribution in [0.15, 0.2) is 97.6 Å². The maximum atomic E-state index is 14.4. The number of carbonyl (C=O) groups excluding carboxylic acids is 3. The summed E-state index contributed by atoms with van der Waals surface area (Å²) >= 11 is 0. The Morgan fingerprint density at radius 2 is 1.55 bits per heavy atom. The number of fused-ring (bicyclic) bond motifs is 3. The Kier molecular flexibility index (Phi) is 4.82. The van der Waals surface area contributed by atoms with Gasteiger partial charge in [-0.05, 0) is 36.3 Å². The molecule has 0 N–H and O–H groups in total. The highest BCUT2D eigenvalue weighted by molar-refractivity contribution is 6.26. The molecule has 5 rings (SSSR count). The van der Waals surface area contributed by atoms with Crippen LogP contribution in [0.3, 0.4) is 0 Å². The van der Waals surface area contributed by atoms with Crippen LogP contribution in [0.25, 0.3) is 5.57 Å². The highest BCUT2D eigenvalue weighted by atomic mass is 16.2. The van der Waals surface area contributed by atoms with E-state index < -0.39 is 11.4 Å². The number of hydrogen-bond acceptors (Lipinski definition) is 3. The number of benzene rings is 3. The number of amides is 3. The number of rotatable bonds is 3. The van der Waals surface area contributed by atoms with Crippen LogP contribution in [0.4, 0.5) is 5.69 Å². The number of hydrogen-bond donors (Lipinski definition) is 0. The van der Waals surface area contributed by atoms with Crippen LogP contribution in [0.2, 0.25) is 0 Å². The Hall–Kier alpha value is -4.25. The Morgan fingerprint density at radius 3 is 2.27 bits per heavy atom. The predicted molar refractivity (Wildman–Crippen MR) is 127 cm³/mol. The Balaban J connectivity index is 1.79. The van der Waals surface area contributed by atoms with E-state index >= 15 is 0 Å². The van der Waals surface area contributed by atoms with Crippen molar-refractivity contribution in [2.75, 3.05) is 4.90 Å². The molecule has 3 aromatic rings. The zero-order valence-corrected chi connectivity index (χ0v) is 18.2. The van der Waals surface area contributed by atoms with Gasteiger partial charge in [-0.3, -0.25) is 24.2 Å². The predicted octanol–water partition coefficient (Wildman–Crippen LogP) is 4.70. The summed E-state index contributed by atoms with van der Waals surface area (Å²) in [4.78, 5) is 44.1. The van der Waals surface area contributed by atoms with Gasteiger partial charge in [0.25, 0.3) is 17.7 Å². The van der Waals surface area contributed by atoms with Crippen LogP contribution in [-0.2, 0) is 21.7 Å². The van der Waals surface area contributed by atoms with E-state index in [0.29, 0.717) is 28.0 Å².